The topological polar surface area (TPSA) is 64.6 Å². The molecule has 0 radical (unpaired) electrons. The first-order chi connectivity index (χ1) is 18.5. The van der Waals surface area contributed by atoms with Gasteiger partial charge in [-0.05, 0) is 81.1 Å². The molecule has 7 heteroatoms. The molecule has 0 atom stereocenters. The van der Waals surface area contributed by atoms with Gasteiger partial charge in [0.2, 0.25) is 0 Å². The lowest BCUT2D eigenvalue weighted by Crippen LogP contribution is -1.97. The van der Waals surface area contributed by atoms with Gasteiger partial charge in [-0.1, -0.05) is 40.5 Å². The number of ether oxygens (including phenoxy) is 7. The highest BCUT2D eigenvalue weighted by Gasteiger charge is 1.79. The maximum absolute atomic E-state index is 5.07. The second-order valence-electron chi connectivity index (χ2n) is 7.38. The van der Waals surface area contributed by atoms with Gasteiger partial charge in [0.05, 0.1) is 0 Å². The van der Waals surface area contributed by atoms with Crippen molar-refractivity contribution in [2.75, 3.05) is 86.1 Å². The minimum absolute atomic E-state index is 0.438. The van der Waals surface area contributed by atoms with Crippen LogP contribution in [-0.2, 0) is 33.2 Å². The van der Waals surface area contributed by atoms with Gasteiger partial charge < -0.3 is 33.2 Å². The molecule has 0 saturated carbocycles. The summed E-state index contributed by atoms with van der Waals surface area (Å²) in [6.45, 7) is 35.2. The fraction of sp³-hybridized carbons (Fsp3) is 1.00. The molecular weight excluding hydrogens is 484 g/mol. The third-order valence-corrected chi connectivity index (χ3v) is 3.78. The zero-order valence-corrected chi connectivity index (χ0v) is 28.3. The van der Waals surface area contributed by atoms with Crippen LogP contribution in [0.2, 0.25) is 0 Å². The molecule has 38 heavy (non-hydrogen) atoms. The van der Waals surface area contributed by atoms with Crippen molar-refractivity contribution in [2.24, 2.45) is 0 Å². The maximum atomic E-state index is 5.07. The molecule has 0 aromatic heterocycles. The molecule has 0 spiro atoms. The van der Waals surface area contributed by atoms with E-state index in [4.69, 9.17) is 33.2 Å². The van der Waals surface area contributed by atoms with Gasteiger partial charge >= 0.3 is 0 Å². The molecule has 0 fully saturated rings. The second-order valence-corrected chi connectivity index (χ2v) is 7.38. The molecular formula is C31H74O7. The number of hydrogen-bond donors (Lipinski definition) is 0. The highest BCUT2D eigenvalue weighted by molar-refractivity contribution is 4.29. The Hall–Kier alpha value is -0.280. The molecule has 7 nitrogen and oxygen atoms in total. The van der Waals surface area contributed by atoms with Crippen molar-refractivity contribution in [3.05, 3.63) is 0 Å². The Bertz CT molecular complexity index is 217. The van der Waals surface area contributed by atoms with E-state index in [1.807, 2.05) is 55.4 Å². The van der Waals surface area contributed by atoms with Crippen LogP contribution < -0.4 is 0 Å². The van der Waals surface area contributed by atoms with E-state index in [0.29, 0.717) is 6.79 Å². The van der Waals surface area contributed by atoms with Crippen LogP contribution in [0.3, 0.4) is 0 Å². The lowest BCUT2D eigenvalue weighted by atomic mass is 10.4. The van der Waals surface area contributed by atoms with Crippen LogP contribution in [0.25, 0.3) is 0 Å². The number of unbranched alkanes of at least 4 members (excludes halogenated alkanes) is 2. The van der Waals surface area contributed by atoms with E-state index in [1.165, 1.54) is 25.7 Å². The molecule has 240 valence electrons. The van der Waals surface area contributed by atoms with Crippen LogP contribution in [-0.4, -0.2) is 86.1 Å². The molecule has 0 heterocycles. The van der Waals surface area contributed by atoms with Crippen molar-refractivity contribution in [1.82, 2.24) is 0 Å². The predicted molar refractivity (Wildman–Crippen MR) is 167 cm³/mol. The smallest absolute Gasteiger partial charge is 0.146 e. The van der Waals surface area contributed by atoms with Crippen molar-refractivity contribution in [2.45, 2.75) is 122 Å². The first-order valence-corrected chi connectivity index (χ1v) is 15.5. The SMILES string of the molecule is CCCCOCC.CCCCOCC.CCCOCC.CCCOCC.CCOCC.CCOCOCC. The highest BCUT2D eigenvalue weighted by atomic mass is 16.7. The standard InChI is InChI=1S/2C6H14O.C5H12O2.2C5H12O.C4H10O/c2*1-3-5-6-7-4-2;1-3-6-5-7-4-2;2*1-3-5-6-4-2;1-3-5-4-2/h2*3-6H2,1-2H3;3-5H2,1-2H3;2*3-5H2,1-2H3;3-4H2,1-2H3. The molecule has 0 aliphatic heterocycles. The molecule has 0 aromatic carbocycles. The van der Waals surface area contributed by atoms with Crippen molar-refractivity contribution < 1.29 is 33.2 Å². The van der Waals surface area contributed by atoms with Crippen LogP contribution in [0.15, 0.2) is 0 Å². The van der Waals surface area contributed by atoms with Gasteiger partial charge in [-0.3, -0.25) is 0 Å². The summed E-state index contributed by atoms with van der Waals surface area (Å²) < 4.78 is 34.6. The summed E-state index contributed by atoms with van der Waals surface area (Å²) in [5.41, 5.74) is 0. The van der Waals surface area contributed by atoms with Crippen LogP contribution in [0.4, 0.5) is 0 Å². The number of rotatable bonds is 20. The van der Waals surface area contributed by atoms with E-state index in [2.05, 4.69) is 27.7 Å². The Morgan fingerprint density at radius 1 is 0.263 bits per heavy atom. The molecule has 0 unspecified atom stereocenters. The highest BCUT2D eigenvalue weighted by Crippen LogP contribution is 1.86. The summed E-state index contributed by atoms with van der Waals surface area (Å²) in [4.78, 5) is 0. The Balaban J connectivity index is -0.0000000811. The lowest BCUT2D eigenvalue weighted by molar-refractivity contribution is -0.0445. The summed E-state index contributed by atoms with van der Waals surface area (Å²) in [6, 6.07) is 0. The van der Waals surface area contributed by atoms with Gasteiger partial charge in [-0.25, -0.2) is 0 Å². The van der Waals surface area contributed by atoms with Crippen LogP contribution in [0, 0.1) is 0 Å². The largest absolute Gasteiger partial charge is 0.382 e. The minimum Gasteiger partial charge on any atom is -0.382 e. The third kappa shape index (κ3) is 111. The van der Waals surface area contributed by atoms with E-state index in [9.17, 15) is 0 Å². The van der Waals surface area contributed by atoms with Gasteiger partial charge in [-0.15, -0.1) is 0 Å². The molecule has 0 rings (SSSR count). The van der Waals surface area contributed by atoms with E-state index >= 15 is 0 Å². The van der Waals surface area contributed by atoms with Crippen molar-refractivity contribution in [3.8, 4) is 0 Å². The van der Waals surface area contributed by atoms with E-state index in [0.717, 1.165) is 92.1 Å². The van der Waals surface area contributed by atoms with Gasteiger partial charge in [0, 0.05) is 79.3 Å². The molecule has 0 bridgehead atoms. The van der Waals surface area contributed by atoms with Gasteiger partial charge in [0.25, 0.3) is 0 Å². The summed E-state index contributed by atoms with van der Waals surface area (Å²) >= 11 is 0. The quantitative estimate of drug-likeness (QED) is 0.109. The fourth-order valence-corrected chi connectivity index (χ4v) is 1.79. The molecule has 0 N–H and O–H groups in total. The average Bonchev–Trinajstić information content (AvgIpc) is 2.94. The van der Waals surface area contributed by atoms with Crippen LogP contribution in [0.5, 0.6) is 0 Å². The van der Waals surface area contributed by atoms with E-state index < -0.39 is 0 Å². The van der Waals surface area contributed by atoms with E-state index in [-0.39, 0.29) is 0 Å². The zero-order chi connectivity index (χ0) is 30.4. The summed E-state index contributed by atoms with van der Waals surface area (Å²) in [6.07, 6.45) is 7.14. The van der Waals surface area contributed by atoms with Crippen molar-refractivity contribution >= 4 is 0 Å². The lowest BCUT2D eigenvalue weighted by Gasteiger charge is -1.97. The summed E-state index contributed by atoms with van der Waals surface area (Å²) in [5, 5.41) is 0. The Morgan fingerprint density at radius 3 is 0.684 bits per heavy atom. The molecule has 0 aliphatic rings. The first kappa shape index (κ1) is 50.5. The molecule has 0 aromatic rings. The zero-order valence-electron chi connectivity index (χ0n) is 28.3. The second kappa shape index (κ2) is 70.8. The third-order valence-electron chi connectivity index (χ3n) is 3.78. The Kier molecular flexibility index (Phi) is 94.2. The average molecular weight is 559 g/mol. The van der Waals surface area contributed by atoms with Crippen LogP contribution >= 0.6 is 0 Å². The van der Waals surface area contributed by atoms with E-state index in [1.54, 1.807) is 0 Å². The fourth-order valence-electron chi connectivity index (χ4n) is 1.79. The van der Waals surface area contributed by atoms with Gasteiger partial charge in [0.15, 0.2) is 0 Å². The first-order valence-electron chi connectivity index (χ1n) is 15.5. The van der Waals surface area contributed by atoms with Crippen LogP contribution in [0.1, 0.15) is 122 Å². The van der Waals surface area contributed by atoms with Gasteiger partial charge in [-0.2, -0.15) is 0 Å². The normalized spacial score (nSPS) is 9.16. The summed E-state index contributed by atoms with van der Waals surface area (Å²) in [5.74, 6) is 0. The molecule has 0 amide bonds. The maximum Gasteiger partial charge on any atom is 0.146 e. The summed E-state index contributed by atoms with van der Waals surface area (Å²) in [7, 11) is 0. The Labute approximate surface area is 241 Å². The monoisotopic (exact) mass is 559 g/mol. The minimum atomic E-state index is 0.438. The molecule has 0 aliphatic carbocycles. The predicted octanol–water partition coefficient (Wildman–Crippen LogP) is 8.57. The Morgan fingerprint density at radius 2 is 0.526 bits per heavy atom. The number of hydrogen-bond acceptors (Lipinski definition) is 7. The molecule has 0 saturated heterocycles. The van der Waals surface area contributed by atoms with Crippen molar-refractivity contribution in [3.63, 3.8) is 0 Å². The van der Waals surface area contributed by atoms with Gasteiger partial charge in [0.1, 0.15) is 6.79 Å². The van der Waals surface area contributed by atoms with Crippen molar-refractivity contribution in [1.29, 1.82) is 0 Å².